The summed E-state index contributed by atoms with van der Waals surface area (Å²) in [5, 5.41) is 11.0. The minimum Gasteiger partial charge on any atom is -0.466 e. The molecule has 0 spiro atoms. The van der Waals surface area contributed by atoms with Crippen LogP contribution in [0.15, 0.2) is 18.2 Å². The Hall–Kier alpha value is -2.08. The van der Waals surface area contributed by atoms with Crippen molar-refractivity contribution in [2.45, 2.75) is 13.3 Å². The fourth-order valence-electron chi connectivity index (χ4n) is 1.38. The standard InChI is InChI=1S/C12H13ClN2O4/c1-2-19-12(16)5-3-4-8-6-11(15(17)18)10(14)7-9(8)13/h3-4,6-7H,2,5,14H2,1H3. The summed E-state index contributed by atoms with van der Waals surface area (Å²) in [5.74, 6) is -0.375. The quantitative estimate of drug-likeness (QED) is 0.388. The predicted molar refractivity (Wildman–Crippen MR) is 72.8 cm³/mol. The van der Waals surface area contributed by atoms with E-state index in [9.17, 15) is 14.9 Å². The summed E-state index contributed by atoms with van der Waals surface area (Å²) in [7, 11) is 0. The van der Waals surface area contributed by atoms with Gasteiger partial charge in [0.2, 0.25) is 0 Å². The smallest absolute Gasteiger partial charge is 0.309 e. The summed E-state index contributed by atoms with van der Waals surface area (Å²) in [6.07, 6.45) is 3.12. The second kappa shape index (κ2) is 6.75. The van der Waals surface area contributed by atoms with Gasteiger partial charge in [-0.05, 0) is 18.6 Å². The van der Waals surface area contributed by atoms with E-state index in [1.165, 1.54) is 24.3 Å². The number of rotatable bonds is 5. The van der Waals surface area contributed by atoms with Crippen molar-refractivity contribution in [2.75, 3.05) is 12.3 Å². The van der Waals surface area contributed by atoms with Crippen LogP contribution in [0.4, 0.5) is 11.4 Å². The number of esters is 1. The molecule has 0 amide bonds. The molecular formula is C12H13ClN2O4. The molecule has 1 rings (SSSR count). The van der Waals surface area contributed by atoms with Crippen LogP contribution in [-0.4, -0.2) is 17.5 Å². The Labute approximate surface area is 115 Å². The van der Waals surface area contributed by atoms with E-state index in [-0.39, 0.29) is 28.8 Å². The molecule has 2 N–H and O–H groups in total. The number of nitro benzene ring substituents is 1. The highest BCUT2D eigenvalue weighted by Crippen LogP contribution is 2.29. The van der Waals surface area contributed by atoms with Crippen LogP contribution >= 0.6 is 11.6 Å². The van der Waals surface area contributed by atoms with Gasteiger partial charge in [-0.3, -0.25) is 14.9 Å². The Morgan fingerprint density at radius 1 is 1.58 bits per heavy atom. The average molecular weight is 285 g/mol. The van der Waals surface area contributed by atoms with Gasteiger partial charge in [-0.15, -0.1) is 0 Å². The fraction of sp³-hybridized carbons (Fsp3) is 0.250. The Kier molecular flexibility index (Phi) is 5.32. The highest BCUT2D eigenvalue weighted by Gasteiger charge is 2.14. The van der Waals surface area contributed by atoms with Crippen molar-refractivity contribution >= 4 is 35.0 Å². The summed E-state index contributed by atoms with van der Waals surface area (Å²) in [5.41, 5.74) is 5.68. The van der Waals surface area contributed by atoms with Gasteiger partial charge in [-0.25, -0.2) is 0 Å². The highest BCUT2D eigenvalue weighted by molar-refractivity contribution is 6.32. The number of benzene rings is 1. The van der Waals surface area contributed by atoms with Gasteiger partial charge in [-0.1, -0.05) is 23.8 Å². The zero-order valence-corrected chi connectivity index (χ0v) is 11.0. The molecule has 0 atom stereocenters. The molecule has 0 aromatic heterocycles. The number of carbonyl (C=O) groups is 1. The van der Waals surface area contributed by atoms with E-state index in [1.807, 2.05) is 0 Å². The first kappa shape index (κ1) is 15.0. The van der Waals surface area contributed by atoms with Gasteiger partial charge in [-0.2, -0.15) is 0 Å². The van der Waals surface area contributed by atoms with Gasteiger partial charge < -0.3 is 10.5 Å². The second-order valence-electron chi connectivity index (χ2n) is 3.60. The Bertz CT molecular complexity index is 529. The third kappa shape index (κ3) is 4.26. The van der Waals surface area contributed by atoms with Crippen LogP contribution in [0.1, 0.15) is 18.9 Å². The van der Waals surface area contributed by atoms with Crippen molar-refractivity contribution in [2.24, 2.45) is 0 Å². The third-order valence-electron chi connectivity index (χ3n) is 2.23. The maximum Gasteiger partial charge on any atom is 0.309 e. The lowest BCUT2D eigenvalue weighted by molar-refractivity contribution is -0.383. The van der Waals surface area contributed by atoms with E-state index in [2.05, 4.69) is 0 Å². The largest absolute Gasteiger partial charge is 0.466 e. The van der Waals surface area contributed by atoms with Gasteiger partial charge in [0.1, 0.15) is 5.69 Å². The Morgan fingerprint density at radius 2 is 2.26 bits per heavy atom. The van der Waals surface area contributed by atoms with Gasteiger partial charge in [0, 0.05) is 6.07 Å². The highest BCUT2D eigenvalue weighted by atomic mass is 35.5. The monoisotopic (exact) mass is 284 g/mol. The molecule has 0 unspecified atom stereocenters. The minimum absolute atomic E-state index is 0.00228. The van der Waals surface area contributed by atoms with Crippen molar-refractivity contribution in [3.63, 3.8) is 0 Å². The molecule has 0 saturated heterocycles. The van der Waals surface area contributed by atoms with Crippen molar-refractivity contribution in [1.82, 2.24) is 0 Å². The third-order valence-corrected chi connectivity index (χ3v) is 2.56. The summed E-state index contributed by atoms with van der Waals surface area (Å²) in [4.78, 5) is 21.3. The van der Waals surface area contributed by atoms with E-state index < -0.39 is 4.92 Å². The summed E-state index contributed by atoms with van der Waals surface area (Å²) >= 11 is 5.91. The number of hydrogen-bond donors (Lipinski definition) is 1. The zero-order chi connectivity index (χ0) is 14.4. The molecule has 0 aliphatic carbocycles. The second-order valence-corrected chi connectivity index (χ2v) is 4.01. The molecule has 6 nitrogen and oxygen atoms in total. The predicted octanol–water partition coefficient (Wildman–Crippen LogP) is 2.80. The molecule has 0 saturated carbocycles. The maximum atomic E-state index is 11.1. The number of carbonyl (C=O) groups excluding carboxylic acids is 1. The normalized spacial score (nSPS) is 10.6. The molecule has 102 valence electrons. The number of anilines is 1. The van der Waals surface area contributed by atoms with Crippen LogP contribution in [0.2, 0.25) is 5.02 Å². The van der Waals surface area contributed by atoms with Crippen molar-refractivity contribution in [1.29, 1.82) is 0 Å². The van der Waals surface area contributed by atoms with E-state index in [0.29, 0.717) is 12.2 Å². The molecule has 0 bridgehead atoms. The molecule has 0 aliphatic heterocycles. The number of nitrogens with zero attached hydrogens (tertiary/aromatic N) is 1. The Balaban J connectivity index is 2.89. The van der Waals surface area contributed by atoms with Crippen LogP contribution in [0, 0.1) is 10.1 Å². The summed E-state index contributed by atoms with van der Waals surface area (Å²) < 4.78 is 4.74. The van der Waals surface area contributed by atoms with Crippen LogP contribution in [0.3, 0.4) is 0 Å². The number of halogens is 1. The topological polar surface area (TPSA) is 95.5 Å². The van der Waals surface area contributed by atoms with Gasteiger partial charge in [0.25, 0.3) is 5.69 Å². The van der Waals surface area contributed by atoms with Crippen LogP contribution in [0.25, 0.3) is 6.08 Å². The Morgan fingerprint density at radius 3 is 2.84 bits per heavy atom. The van der Waals surface area contributed by atoms with Crippen LogP contribution in [-0.2, 0) is 9.53 Å². The molecule has 0 radical (unpaired) electrons. The number of nitro groups is 1. The van der Waals surface area contributed by atoms with Crippen LogP contribution in [0.5, 0.6) is 0 Å². The molecule has 19 heavy (non-hydrogen) atoms. The van der Waals surface area contributed by atoms with E-state index >= 15 is 0 Å². The van der Waals surface area contributed by atoms with Crippen molar-refractivity contribution < 1.29 is 14.5 Å². The lowest BCUT2D eigenvalue weighted by Crippen LogP contribution is -2.01. The number of ether oxygens (including phenoxy) is 1. The SMILES string of the molecule is CCOC(=O)CC=Cc1cc([N+](=O)[O-])c(N)cc1Cl. The molecule has 0 heterocycles. The first-order chi connectivity index (χ1) is 8.95. The first-order valence-electron chi connectivity index (χ1n) is 5.51. The number of nitrogens with two attached hydrogens (primary N) is 1. The van der Waals surface area contributed by atoms with E-state index in [4.69, 9.17) is 22.1 Å². The van der Waals surface area contributed by atoms with Gasteiger partial charge >= 0.3 is 5.97 Å². The molecule has 0 aliphatic rings. The first-order valence-corrected chi connectivity index (χ1v) is 5.89. The minimum atomic E-state index is -0.589. The molecule has 1 aromatic rings. The molecular weight excluding hydrogens is 272 g/mol. The van der Waals surface area contributed by atoms with Gasteiger partial charge in [0.05, 0.1) is 23.0 Å². The van der Waals surface area contributed by atoms with Crippen molar-refractivity contribution in [3.05, 3.63) is 38.9 Å². The van der Waals surface area contributed by atoms with E-state index in [0.717, 1.165) is 0 Å². The lowest BCUT2D eigenvalue weighted by atomic mass is 10.1. The average Bonchev–Trinajstić information content (AvgIpc) is 2.31. The summed E-state index contributed by atoms with van der Waals surface area (Å²) in [6, 6.07) is 2.57. The molecule has 1 aromatic carbocycles. The van der Waals surface area contributed by atoms with Crippen LogP contribution < -0.4 is 5.73 Å². The fourth-order valence-corrected chi connectivity index (χ4v) is 1.62. The zero-order valence-electron chi connectivity index (χ0n) is 10.3. The van der Waals surface area contributed by atoms with E-state index in [1.54, 1.807) is 6.92 Å². The summed E-state index contributed by atoms with van der Waals surface area (Å²) in [6.45, 7) is 2.02. The van der Waals surface area contributed by atoms with Gasteiger partial charge in [0.15, 0.2) is 0 Å². The number of nitrogen functional groups attached to an aromatic ring is 1. The maximum absolute atomic E-state index is 11.1. The van der Waals surface area contributed by atoms with Crippen molar-refractivity contribution in [3.8, 4) is 0 Å². The molecule has 7 heteroatoms. The lowest BCUT2D eigenvalue weighted by Gasteiger charge is -2.02. The number of hydrogen-bond acceptors (Lipinski definition) is 5. The molecule has 0 fully saturated rings.